The maximum absolute atomic E-state index is 13.2. The lowest BCUT2D eigenvalue weighted by Gasteiger charge is -2.26. The molecule has 36 heavy (non-hydrogen) atoms. The molecule has 10 nitrogen and oxygen atoms in total. The van der Waals surface area contributed by atoms with Crippen molar-refractivity contribution in [3.05, 3.63) is 64.0 Å². The molecule has 2 N–H and O–H groups in total. The van der Waals surface area contributed by atoms with Crippen LogP contribution in [0.1, 0.15) is 49.6 Å². The summed E-state index contributed by atoms with van der Waals surface area (Å²) in [5.74, 6) is 1.41. The van der Waals surface area contributed by atoms with Crippen LogP contribution in [0.3, 0.4) is 0 Å². The molecule has 2 fully saturated rings. The highest BCUT2D eigenvalue weighted by Gasteiger charge is 2.48. The summed E-state index contributed by atoms with van der Waals surface area (Å²) in [5, 5.41) is 16.9. The Balaban J connectivity index is 1.31. The minimum absolute atomic E-state index is 0.183. The number of hydrogen-bond acceptors (Lipinski definition) is 8. The van der Waals surface area contributed by atoms with E-state index in [1.165, 1.54) is 24.0 Å². The molecule has 0 amide bonds. The van der Waals surface area contributed by atoms with Gasteiger partial charge in [0.25, 0.3) is 5.56 Å². The van der Waals surface area contributed by atoms with Crippen LogP contribution in [0, 0.1) is 11.3 Å². The fourth-order valence-corrected chi connectivity index (χ4v) is 5.37. The highest BCUT2D eigenvalue weighted by molar-refractivity contribution is 5.77. The van der Waals surface area contributed by atoms with E-state index in [0.717, 1.165) is 31.6 Å². The van der Waals surface area contributed by atoms with Gasteiger partial charge in [0, 0.05) is 49.2 Å². The normalized spacial score (nSPS) is 18.6. The minimum atomic E-state index is -0.626. The molecule has 0 atom stereocenters. The van der Waals surface area contributed by atoms with Gasteiger partial charge in [-0.05, 0) is 55.9 Å². The number of hydrogen-bond donors (Lipinski definition) is 2. The first-order valence-corrected chi connectivity index (χ1v) is 12.4. The van der Waals surface area contributed by atoms with Gasteiger partial charge in [-0.3, -0.25) is 4.79 Å². The molecule has 3 aliphatic rings. The molecule has 1 spiro atoms. The van der Waals surface area contributed by atoms with Gasteiger partial charge < -0.3 is 10.6 Å². The topological polar surface area (TPSA) is 126 Å². The van der Waals surface area contributed by atoms with E-state index < -0.39 is 5.41 Å². The summed E-state index contributed by atoms with van der Waals surface area (Å²) in [6.45, 7) is 4.25. The van der Waals surface area contributed by atoms with Crippen LogP contribution in [0.15, 0.2) is 41.5 Å². The van der Waals surface area contributed by atoms with Crippen molar-refractivity contribution in [2.24, 2.45) is 0 Å². The molecular weight excluding hydrogens is 454 g/mol. The quantitative estimate of drug-likeness (QED) is 0.447. The van der Waals surface area contributed by atoms with Crippen LogP contribution in [0.2, 0.25) is 0 Å². The lowest BCUT2D eigenvalue weighted by molar-refractivity contribution is 0.531. The van der Waals surface area contributed by atoms with Gasteiger partial charge in [0.1, 0.15) is 10.8 Å². The number of nitrogens with zero attached hydrogens (tertiary/aromatic N) is 7. The van der Waals surface area contributed by atoms with Crippen molar-refractivity contribution >= 4 is 22.7 Å². The highest BCUT2D eigenvalue weighted by atomic mass is 16.1. The van der Waals surface area contributed by atoms with Gasteiger partial charge in [0.2, 0.25) is 5.95 Å². The second-order valence-corrected chi connectivity index (χ2v) is 10.1. The second-order valence-electron chi connectivity index (χ2n) is 10.1. The van der Waals surface area contributed by atoms with E-state index >= 15 is 0 Å². The SMILES string of the molecule is CCn1c(=O)c2cnc(Nc3ccc4c(c3)C3(CC3)CNC4)nc2n1-c1ccnc(C2(C#N)CC2)n1. The Hall–Kier alpha value is -4.10. The molecule has 4 aromatic rings. The molecular formula is C26H25N9O. The number of nitriles is 1. The molecule has 1 aliphatic heterocycles. The van der Waals surface area contributed by atoms with E-state index in [4.69, 9.17) is 4.98 Å². The van der Waals surface area contributed by atoms with E-state index in [1.54, 1.807) is 27.8 Å². The Morgan fingerprint density at radius 2 is 2.03 bits per heavy atom. The Labute approximate surface area is 207 Å². The zero-order valence-corrected chi connectivity index (χ0v) is 20.0. The number of fused-ring (bicyclic) bond motifs is 3. The van der Waals surface area contributed by atoms with Gasteiger partial charge in [-0.2, -0.15) is 10.2 Å². The molecule has 7 rings (SSSR count). The van der Waals surface area contributed by atoms with E-state index in [1.807, 2.05) is 13.0 Å². The third-order valence-corrected chi connectivity index (χ3v) is 7.79. The second kappa shape index (κ2) is 7.45. The summed E-state index contributed by atoms with van der Waals surface area (Å²) in [5.41, 5.74) is 3.60. The molecule has 1 aromatic carbocycles. The minimum Gasteiger partial charge on any atom is -0.324 e. The van der Waals surface area contributed by atoms with Gasteiger partial charge in [-0.25, -0.2) is 24.3 Å². The number of nitrogens with one attached hydrogen (secondary N) is 2. The predicted octanol–water partition coefficient (Wildman–Crippen LogP) is 2.83. The molecule has 0 radical (unpaired) electrons. The van der Waals surface area contributed by atoms with E-state index in [2.05, 4.69) is 43.8 Å². The zero-order chi connectivity index (χ0) is 24.5. The van der Waals surface area contributed by atoms with Crippen LogP contribution in [0.25, 0.3) is 16.9 Å². The Morgan fingerprint density at radius 1 is 1.17 bits per heavy atom. The molecule has 180 valence electrons. The van der Waals surface area contributed by atoms with Gasteiger partial charge >= 0.3 is 0 Å². The standard InChI is InChI=1S/C26H25N9O/c1-2-34-22(36)18-13-30-24(31-17-4-3-16-12-28-15-26(8-9-26)19(16)11-17)33-21(18)35(34)20-5-10-29-23(32-20)25(14-27)6-7-25/h3-5,10-11,13,28H,2,6-9,12,15H2,1H3,(H,30,31,33). The molecule has 10 heteroatoms. The van der Waals surface area contributed by atoms with Crippen LogP contribution < -0.4 is 16.2 Å². The maximum atomic E-state index is 13.2. The van der Waals surface area contributed by atoms with Crippen molar-refractivity contribution in [1.29, 1.82) is 5.26 Å². The molecule has 0 unspecified atom stereocenters. The zero-order valence-electron chi connectivity index (χ0n) is 20.0. The molecule has 3 aromatic heterocycles. The van der Waals surface area contributed by atoms with Crippen LogP contribution in [0.5, 0.6) is 0 Å². The molecule has 0 bridgehead atoms. The first-order valence-electron chi connectivity index (χ1n) is 12.4. The van der Waals surface area contributed by atoms with E-state index in [0.29, 0.717) is 35.2 Å². The lowest BCUT2D eigenvalue weighted by Crippen LogP contribution is -2.33. The molecule has 2 saturated carbocycles. The van der Waals surface area contributed by atoms with Crippen molar-refractivity contribution in [3.63, 3.8) is 0 Å². The fraction of sp³-hybridized carbons (Fsp3) is 0.385. The van der Waals surface area contributed by atoms with Gasteiger partial charge in [0.05, 0.1) is 6.07 Å². The number of benzene rings is 1. The summed E-state index contributed by atoms with van der Waals surface area (Å²) in [4.78, 5) is 31.4. The Kier molecular flexibility index (Phi) is 4.39. The Bertz CT molecular complexity index is 1640. The lowest BCUT2D eigenvalue weighted by atomic mass is 9.88. The van der Waals surface area contributed by atoms with Crippen molar-refractivity contribution in [3.8, 4) is 11.9 Å². The van der Waals surface area contributed by atoms with Crippen molar-refractivity contribution in [2.45, 2.75) is 56.5 Å². The monoisotopic (exact) mass is 479 g/mol. The number of anilines is 2. The van der Waals surface area contributed by atoms with Crippen LogP contribution in [-0.2, 0) is 23.9 Å². The number of aromatic nitrogens is 6. The van der Waals surface area contributed by atoms with Crippen molar-refractivity contribution < 1.29 is 0 Å². The van der Waals surface area contributed by atoms with Gasteiger partial charge in [-0.1, -0.05) is 6.07 Å². The summed E-state index contributed by atoms with van der Waals surface area (Å²) >= 11 is 0. The smallest absolute Gasteiger partial charge is 0.278 e. The molecule has 2 aliphatic carbocycles. The third kappa shape index (κ3) is 3.09. The first-order chi connectivity index (χ1) is 17.6. The van der Waals surface area contributed by atoms with Crippen LogP contribution >= 0.6 is 0 Å². The van der Waals surface area contributed by atoms with E-state index in [9.17, 15) is 10.1 Å². The van der Waals surface area contributed by atoms with Crippen molar-refractivity contribution in [1.82, 2.24) is 34.6 Å². The van der Waals surface area contributed by atoms with Gasteiger partial charge in [0.15, 0.2) is 17.3 Å². The van der Waals surface area contributed by atoms with Crippen LogP contribution in [-0.4, -0.2) is 35.8 Å². The summed E-state index contributed by atoms with van der Waals surface area (Å²) < 4.78 is 3.30. The fourth-order valence-electron chi connectivity index (χ4n) is 5.37. The number of rotatable bonds is 5. The largest absolute Gasteiger partial charge is 0.324 e. The average Bonchev–Trinajstić information content (AvgIpc) is 3.84. The summed E-state index contributed by atoms with van der Waals surface area (Å²) in [6, 6.07) is 10.5. The predicted molar refractivity (Wildman–Crippen MR) is 133 cm³/mol. The molecule has 4 heterocycles. The van der Waals surface area contributed by atoms with E-state index in [-0.39, 0.29) is 11.0 Å². The van der Waals surface area contributed by atoms with Crippen molar-refractivity contribution in [2.75, 3.05) is 11.9 Å². The van der Waals surface area contributed by atoms with Gasteiger partial charge in [-0.15, -0.1) is 0 Å². The Morgan fingerprint density at radius 3 is 2.78 bits per heavy atom. The summed E-state index contributed by atoms with van der Waals surface area (Å²) in [6.07, 6.45) is 7.12. The summed E-state index contributed by atoms with van der Waals surface area (Å²) in [7, 11) is 0. The first kappa shape index (κ1) is 21.2. The third-order valence-electron chi connectivity index (χ3n) is 7.79. The van der Waals surface area contributed by atoms with Crippen LogP contribution in [0.4, 0.5) is 11.6 Å². The highest BCUT2D eigenvalue weighted by Crippen LogP contribution is 2.51. The maximum Gasteiger partial charge on any atom is 0.278 e. The molecule has 0 saturated heterocycles. The average molecular weight is 480 g/mol.